The standard InChI is InChI=1S/C16H17N3O4.ClH/c1-22-14-5-4-12(8-17-14)18-16(21)11-7-15(20)19(9-11)10-13-3-2-6-23-13;/h2-6,8,11H,7,9-10H2,1H3,(H,18,21);1H. The fourth-order valence-corrected chi connectivity index (χ4v) is 2.51. The highest BCUT2D eigenvalue weighted by atomic mass is 35.5. The number of rotatable bonds is 5. The molecule has 8 heteroatoms. The molecule has 1 unspecified atom stereocenters. The van der Waals surface area contributed by atoms with Gasteiger partial charge in [-0.15, -0.1) is 12.4 Å². The predicted molar refractivity (Wildman–Crippen MR) is 88.9 cm³/mol. The molecule has 1 saturated heterocycles. The average Bonchev–Trinajstić information content (AvgIpc) is 3.19. The minimum atomic E-state index is -0.375. The maximum Gasteiger partial charge on any atom is 0.229 e. The van der Waals surface area contributed by atoms with Gasteiger partial charge in [0, 0.05) is 19.0 Å². The molecular formula is C16H18ClN3O4. The monoisotopic (exact) mass is 351 g/mol. The first-order valence-corrected chi connectivity index (χ1v) is 7.27. The van der Waals surface area contributed by atoms with E-state index in [4.69, 9.17) is 9.15 Å². The third-order valence-electron chi connectivity index (χ3n) is 3.73. The molecule has 24 heavy (non-hydrogen) atoms. The van der Waals surface area contributed by atoms with Crippen molar-refractivity contribution in [3.63, 3.8) is 0 Å². The van der Waals surface area contributed by atoms with Crippen LogP contribution >= 0.6 is 12.4 Å². The van der Waals surface area contributed by atoms with Crippen molar-refractivity contribution in [2.75, 3.05) is 19.0 Å². The second kappa shape index (κ2) is 7.83. The number of methoxy groups -OCH3 is 1. The molecule has 0 aromatic carbocycles. The number of anilines is 1. The van der Waals surface area contributed by atoms with Crippen LogP contribution in [0.4, 0.5) is 5.69 Å². The molecule has 1 atom stereocenters. The number of furan rings is 1. The van der Waals surface area contributed by atoms with E-state index in [1.54, 1.807) is 29.4 Å². The lowest BCUT2D eigenvalue weighted by Gasteiger charge is -2.15. The lowest BCUT2D eigenvalue weighted by atomic mass is 10.1. The SMILES string of the molecule is COc1ccc(NC(=O)C2CC(=O)N(Cc3ccco3)C2)cn1.Cl. The summed E-state index contributed by atoms with van der Waals surface area (Å²) in [6, 6.07) is 6.96. The Morgan fingerprint density at radius 2 is 2.29 bits per heavy atom. The average molecular weight is 352 g/mol. The smallest absolute Gasteiger partial charge is 0.229 e. The fraction of sp³-hybridized carbons (Fsp3) is 0.312. The van der Waals surface area contributed by atoms with Crippen LogP contribution < -0.4 is 10.1 Å². The Morgan fingerprint density at radius 3 is 2.92 bits per heavy atom. The third kappa shape index (κ3) is 4.05. The molecule has 1 aliphatic heterocycles. The Kier molecular flexibility index (Phi) is 5.81. The van der Waals surface area contributed by atoms with Crippen LogP contribution in [0.2, 0.25) is 0 Å². The van der Waals surface area contributed by atoms with Crippen LogP contribution in [0.3, 0.4) is 0 Å². The Labute approximate surface area is 145 Å². The molecule has 0 spiro atoms. The zero-order valence-electron chi connectivity index (χ0n) is 13.1. The Bertz CT molecular complexity index is 688. The summed E-state index contributed by atoms with van der Waals surface area (Å²) >= 11 is 0. The van der Waals surface area contributed by atoms with Crippen molar-refractivity contribution in [2.45, 2.75) is 13.0 Å². The van der Waals surface area contributed by atoms with Crippen molar-refractivity contribution in [2.24, 2.45) is 5.92 Å². The zero-order chi connectivity index (χ0) is 16.2. The van der Waals surface area contributed by atoms with Crippen LogP contribution in [0.15, 0.2) is 41.1 Å². The van der Waals surface area contributed by atoms with Gasteiger partial charge in [-0.05, 0) is 18.2 Å². The molecular weight excluding hydrogens is 334 g/mol. The summed E-state index contributed by atoms with van der Waals surface area (Å²) in [4.78, 5) is 30.0. The van der Waals surface area contributed by atoms with Crippen molar-refractivity contribution >= 4 is 29.9 Å². The molecule has 0 aliphatic carbocycles. The van der Waals surface area contributed by atoms with Gasteiger partial charge in [-0.2, -0.15) is 0 Å². The van der Waals surface area contributed by atoms with Gasteiger partial charge in [0.05, 0.1) is 37.7 Å². The molecule has 128 valence electrons. The van der Waals surface area contributed by atoms with Gasteiger partial charge in [-0.25, -0.2) is 4.98 Å². The highest BCUT2D eigenvalue weighted by Gasteiger charge is 2.34. The summed E-state index contributed by atoms with van der Waals surface area (Å²) in [5.74, 6) is 0.573. The van der Waals surface area contributed by atoms with Gasteiger partial charge in [0.2, 0.25) is 17.7 Å². The molecule has 7 nitrogen and oxygen atoms in total. The number of carbonyl (C=O) groups excluding carboxylic acids is 2. The largest absolute Gasteiger partial charge is 0.481 e. The molecule has 0 radical (unpaired) electrons. The first-order chi connectivity index (χ1) is 11.2. The summed E-state index contributed by atoms with van der Waals surface area (Å²) in [5, 5.41) is 2.78. The summed E-state index contributed by atoms with van der Waals surface area (Å²) in [5.41, 5.74) is 0.577. The van der Waals surface area contributed by atoms with Gasteiger partial charge < -0.3 is 19.4 Å². The molecule has 2 aromatic rings. The number of hydrogen-bond acceptors (Lipinski definition) is 5. The number of halogens is 1. The number of nitrogens with one attached hydrogen (secondary N) is 1. The lowest BCUT2D eigenvalue weighted by molar-refractivity contribution is -0.128. The Hall–Kier alpha value is -2.54. The van der Waals surface area contributed by atoms with Crippen molar-refractivity contribution < 1.29 is 18.7 Å². The number of amides is 2. The van der Waals surface area contributed by atoms with Crippen molar-refractivity contribution in [1.29, 1.82) is 0 Å². The van der Waals surface area contributed by atoms with Gasteiger partial charge in [-0.3, -0.25) is 9.59 Å². The Balaban J connectivity index is 0.00000208. The number of nitrogens with zero attached hydrogens (tertiary/aromatic N) is 2. The van der Waals surface area contributed by atoms with E-state index in [1.165, 1.54) is 13.3 Å². The number of hydrogen-bond donors (Lipinski definition) is 1. The fourth-order valence-electron chi connectivity index (χ4n) is 2.51. The first-order valence-electron chi connectivity index (χ1n) is 7.27. The maximum atomic E-state index is 12.3. The highest BCUT2D eigenvalue weighted by molar-refractivity contribution is 5.97. The van der Waals surface area contributed by atoms with Crippen LogP contribution in [0.25, 0.3) is 0 Å². The number of pyridine rings is 1. The third-order valence-corrected chi connectivity index (χ3v) is 3.73. The van der Waals surface area contributed by atoms with E-state index < -0.39 is 0 Å². The molecule has 1 fully saturated rings. The molecule has 3 heterocycles. The van der Waals surface area contributed by atoms with Gasteiger partial charge >= 0.3 is 0 Å². The predicted octanol–water partition coefficient (Wildman–Crippen LogP) is 2.09. The molecule has 2 aromatic heterocycles. The van der Waals surface area contributed by atoms with Crippen LogP contribution in [0, 0.1) is 5.92 Å². The van der Waals surface area contributed by atoms with E-state index >= 15 is 0 Å². The second-order valence-electron chi connectivity index (χ2n) is 5.33. The number of carbonyl (C=O) groups is 2. The topological polar surface area (TPSA) is 84.7 Å². The first kappa shape index (κ1) is 17.8. The van der Waals surface area contributed by atoms with E-state index in [9.17, 15) is 9.59 Å². The summed E-state index contributed by atoms with van der Waals surface area (Å²) < 4.78 is 10.2. The van der Waals surface area contributed by atoms with E-state index in [-0.39, 0.29) is 36.6 Å². The van der Waals surface area contributed by atoms with Gasteiger partial charge in [0.15, 0.2) is 0 Å². The normalized spacial score (nSPS) is 16.6. The van der Waals surface area contributed by atoms with E-state index in [0.717, 1.165) is 0 Å². The number of likely N-dealkylation sites (tertiary alicyclic amines) is 1. The minimum Gasteiger partial charge on any atom is -0.481 e. The van der Waals surface area contributed by atoms with Crippen LogP contribution in [0.1, 0.15) is 12.2 Å². The highest BCUT2D eigenvalue weighted by Crippen LogP contribution is 2.22. The van der Waals surface area contributed by atoms with Gasteiger partial charge in [0.1, 0.15) is 5.76 Å². The van der Waals surface area contributed by atoms with Crippen LogP contribution in [0.5, 0.6) is 5.88 Å². The molecule has 1 aliphatic rings. The van der Waals surface area contributed by atoms with Crippen LogP contribution in [-0.4, -0.2) is 35.4 Å². The number of aromatic nitrogens is 1. The molecule has 0 saturated carbocycles. The van der Waals surface area contributed by atoms with Crippen molar-refractivity contribution in [3.8, 4) is 5.88 Å². The number of ether oxygens (including phenoxy) is 1. The maximum absolute atomic E-state index is 12.3. The molecule has 2 amide bonds. The summed E-state index contributed by atoms with van der Waals surface area (Å²) in [7, 11) is 1.53. The summed E-state index contributed by atoms with van der Waals surface area (Å²) in [6.07, 6.45) is 3.29. The van der Waals surface area contributed by atoms with E-state index in [0.29, 0.717) is 30.4 Å². The van der Waals surface area contributed by atoms with Gasteiger partial charge in [0.25, 0.3) is 0 Å². The Morgan fingerprint density at radius 1 is 1.46 bits per heavy atom. The van der Waals surface area contributed by atoms with E-state index in [2.05, 4.69) is 10.3 Å². The summed E-state index contributed by atoms with van der Waals surface area (Å²) in [6.45, 7) is 0.772. The van der Waals surface area contributed by atoms with E-state index in [1.807, 2.05) is 6.07 Å². The van der Waals surface area contributed by atoms with Crippen molar-refractivity contribution in [1.82, 2.24) is 9.88 Å². The van der Waals surface area contributed by atoms with Crippen LogP contribution in [-0.2, 0) is 16.1 Å². The quantitative estimate of drug-likeness (QED) is 0.891. The zero-order valence-corrected chi connectivity index (χ0v) is 13.9. The molecule has 3 rings (SSSR count). The molecule has 0 bridgehead atoms. The second-order valence-corrected chi connectivity index (χ2v) is 5.33. The minimum absolute atomic E-state index is 0. The lowest BCUT2D eigenvalue weighted by Crippen LogP contribution is -2.27. The molecule has 1 N–H and O–H groups in total. The van der Waals surface area contributed by atoms with Crippen molar-refractivity contribution in [3.05, 3.63) is 42.5 Å². The van der Waals surface area contributed by atoms with Gasteiger partial charge in [-0.1, -0.05) is 0 Å².